The van der Waals surface area contributed by atoms with Crippen molar-refractivity contribution >= 4 is 30.7 Å². The minimum atomic E-state index is -1.19. The third kappa shape index (κ3) is 8.24. The fourth-order valence-electron chi connectivity index (χ4n) is 4.81. The minimum absolute atomic E-state index is 0.0283. The van der Waals surface area contributed by atoms with E-state index in [-0.39, 0.29) is 36.3 Å². The van der Waals surface area contributed by atoms with Gasteiger partial charge in [0.25, 0.3) is 11.9 Å². The summed E-state index contributed by atoms with van der Waals surface area (Å²) in [5, 5.41) is 2.82. The van der Waals surface area contributed by atoms with E-state index in [0.717, 1.165) is 5.56 Å². The average molecular weight is 549 g/mol. The summed E-state index contributed by atoms with van der Waals surface area (Å²) >= 11 is 0. The van der Waals surface area contributed by atoms with E-state index in [0.29, 0.717) is 18.5 Å². The highest BCUT2D eigenvalue weighted by Crippen LogP contribution is 2.29. The number of nitrogens with zero attached hydrogens (tertiary/aromatic N) is 2. The van der Waals surface area contributed by atoms with E-state index < -0.39 is 42.9 Å². The highest BCUT2D eigenvalue weighted by Gasteiger charge is 2.43. The lowest BCUT2D eigenvalue weighted by molar-refractivity contribution is -0.142. The van der Waals surface area contributed by atoms with E-state index >= 15 is 0 Å². The maximum absolute atomic E-state index is 13.5. The van der Waals surface area contributed by atoms with Crippen LogP contribution in [-0.4, -0.2) is 65.8 Å². The van der Waals surface area contributed by atoms with Crippen LogP contribution in [0.1, 0.15) is 70.8 Å². The smallest absolute Gasteiger partial charge is 0.499 e. The molecule has 0 unspecified atom stereocenters. The molecule has 2 aromatic rings. The molecule has 0 bridgehead atoms. The molecular formula is C30H40BN3O6. The summed E-state index contributed by atoms with van der Waals surface area (Å²) in [7, 11) is 0.572. The fraction of sp³-hybridized carbons (Fsp3) is 0.500. The molecule has 4 atom stereocenters. The standard InChI is InChI=1S/C30H40BN3O6/c1-7-24(33-29(37)26-15-11-14-25(32-26)22-12-9-8-10-13-22)27(35)18-23(16-19(2)3)31-39-28(36)17-20(4)34(6)21(5)30(38)40-31/h8-15,19-21,23-24H,7,16-18H2,1-6H3,(H,33,37)/t20-,21+,23+,24-/m0/s1. The van der Waals surface area contributed by atoms with Gasteiger partial charge in [-0.05, 0) is 51.8 Å². The number of aromatic nitrogens is 1. The van der Waals surface area contributed by atoms with Crippen molar-refractivity contribution in [1.82, 2.24) is 15.2 Å². The molecule has 214 valence electrons. The highest BCUT2D eigenvalue weighted by molar-refractivity contribution is 6.51. The van der Waals surface area contributed by atoms with Crippen LogP contribution in [0.15, 0.2) is 48.5 Å². The number of carbonyl (C=O) groups excluding carboxylic acids is 4. The van der Waals surface area contributed by atoms with Crippen molar-refractivity contribution in [3.63, 3.8) is 0 Å². The summed E-state index contributed by atoms with van der Waals surface area (Å²) < 4.78 is 11.3. The third-order valence-electron chi connectivity index (χ3n) is 7.37. The Morgan fingerprint density at radius 2 is 1.77 bits per heavy atom. The molecule has 1 amide bonds. The van der Waals surface area contributed by atoms with Crippen molar-refractivity contribution in [2.24, 2.45) is 5.92 Å². The molecule has 0 radical (unpaired) electrons. The number of rotatable bonds is 10. The van der Waals surface area contributed by atoms with Crippen molar-refractivity contribution in [2.75, 3.05) is 7.05 Å². The zero-order chi connectivity index (χ0) is 29.4. The second-order valence-electron chi connectivity index (χ2n) is 11.0. The van der Waals surface area contributed by atoms with Gasteiger partial charge in [-0.3, -0.25) is 24.1 Å². The van der Waals surface area contributed by atoms with Gasteiger partial charge in [0.05, 0.1) is 18.2 Å². The van der Waals surface area contributed by atoms with E-state index in [4.69, 9.17) is 9.31 Å². The topological polar surface area (TPSA) is 115 Å². The van der Waals surface area contributed by atoms with Crippen LogP contribution in [0, 0.1) is 5.92 Å². The molecule has 1 aromatic carbocycles. The molecule has 9 nitrogen and oxygen atoms in total. The van der Waals surface area contributed by atoms with Crippen LogP contribution < -0.4 is 5.32 Å². The molecule has 40 heavy (non-hydrogen) atoms. The maximum Gasteiger partial charge on any atom is 0.602 e. The van der Waals surface area contributed by atoms with E-state index in [9.17, 15) is 19.2 Å². The van der Waals surface area contributed by atoms with Crippen LogP contribution in [-0.2, 0) is 23.7 Å². The maximum atomic E-state index is 13.5. The molecule has 1 fully saturated rings. The molecule has 10 heteroatoms. The van der Waals surface area contributed by atoms with E-state index in [2.05, 4.69) is 10.3 Å². The van der Waals surface area contributed by atoms with Crippen LogP contribution in [0.2, 0.25) is 5.82 Å². The summed E-state index contributed by atoms with van der Waals surface area (Å²) in [4.78, 5) is 58.4. The largest absolute Gasteiger partial charge is 0.602 e. The monoisotopic (exact) mass is 549 g/mol. The lowest BCUT2D eigenvalue weighted by Gasteiger charge is -2.28. The molecule has 1 aromatic heterocycles. The second-order valence-corrected chi connectivity index (χ2v) is 11.0. The Bertz CT molecular complexity index is 1190. The van der Waals surface area contributed by atoms with Crippen molar-refractivity contribution in [2.45, 2.75) is 84.2 Å². The molecule has 1 N–H and O–H groups in total. The molecule has 3 rings (SSSR count). The first kappa shape index (κ1) is 31.0. The van der Waals surface area contributed by atoms with Crippen molar-refractivity contribution in [1.29, 1.82) is 0 Å². The number of benzene rings is 1. The van der Waals surface area contributed by atoms with E-state index in [1.54, 1.807) is 31.0 Å². The normalized spacial score (nSPS) is 20.0. The van der Waals surface area contributed by atoms with Gasteiger partial charge < -0.3 is 14.6 Å². The zero-order valence-electron chi connectivity index (χ0n) is 24.3. The number of hydrogen-bond donors (Lipinski definition) is 1. The Hall–Kier alpha value is -3.53. The number of amides is 1. The minimum Gasteiger partial charge on any atom is -0.499 e. The average Bonchev–Trinajstić information content (AvgIpc) is 2.96. The van der Waals surface area contributed by atoms with Crippen LogP contribution in [0.3, 0.4) is 0 Å². The zero-order valence-corrected chi connectivity index (χ0v) is 24.3. The quantitative estimate of drug-likeness (QED) is 0.436. The Labute approximate surface area is 237 Å². The molecule has 1 aliphatic heterocycles. The Kier molecular flexibility index (Phi) is 11.0. The van der Waals surface area contributed by atoms with Gasteiger partial charge in [0.15, 0.2) is 5.78 Å². The van der Waals surface area contributed by atoms with Gasteiger partial charge in [0.2, 0.25) is 0 Å². The number of pyridine rings is 1. The molecule has 0 spiro atoms. The van der Waals surface area contributed by atoms with Crippen LogP contribution in [0.5, 0.6) is 0 Å². The molecule has 1 aliphatic rings. The number of nitrogens with one attached hydrogen (secondary N) is 1. The first-order valence-corrected chi connectivity index (χ1v) is 14.0. The number of Topliss-reactive ketones (excluding diaryl/α,β-unsaturated/α-hetero) is 1. The highest BCUT2D eigenvalue weighted by atomic mass is 16.6. The van der Waals surface area contributed by atoms with Gasteiger partial charge in [-0.2, -0.15) is 0 Å². The molecule has 2 heterocycles. The second kappa shape index (κ2) is 14.2. The van der Waals surface area contributed by atoms with E-state index in [1.807, 2.05) is 64.1 Å². The Morgan fingerprint density at radius 1 is 1.07 bits per heavy atom. The molecule has 0 saturated carbocycles. The summed E-state index contributed by atoms with van der Waals surface area (Å²) in [6.45, 7) is 9.35. The summed E-state index contributed by atoms with van der Waals surface area (Å²) in [6.07, 6.45) is 0.918. The van der Waals surface area contributed by atoms with Gasteiger partial charge >= 0.3 is 13.1 Å². The predicted molar refractivity (Wildman–Crippen MR) is 153 cm³/mol. The van der Waals surface area contributed by atoms with Gasteiger partial charge in [-0.1, -0.05) is 57.2 Å². The predicted octanol–water partition coefficient (Wildman–Crippen LogP) is 4.32. The lowest BCUT2D eigenvalue weighted by atomic mass is 9.64. The summed E-state index contributed by atoms with van der Waals surface area (Å²) in [6, 6.07) is 13.1. The Balaban J connectivity index is 1.76. The summed E-state index contributed by atoms with van der Waals surface area (Å²) in [5.74, 6) is -2.11. The van der Waals surface area contributed by atoms with E-state index in [1.165, 1.54) is 0 Å². The van der Waals surface area contributed by atoms with Crippen LogP contribution in [0.25, 0.3) is 11.3 Å². The number of carbonyl (C=O) groups is 4. The van der Waals surface area contributed by atoms with Crippen molar-refractivity contribution in [3.8, 4) is 11.3 Å². The number of hydrogen-bond acceptors (Lipinski definition) is 8. The Morgan fingerprint density at radius 3 is 2.42 bits per heavy atom. The fourth-order valence-corrected chi connectivity index (χ4v) is 4.81. The number of likely N-dealkylation sites (N-methyl/N-ethyl adjacent to an activating group) is 1. The van der Waals surface area contributed by atoms with Crippen molar-refractivity contribution in [3.05, 3.63) is 54.2 Å². The van der Waals surface area contributed by atoms with Gasteiger partial charge in [-0.25, -0.2) is 4.98 Å². The summed E-state index contributed by atoms with van der Waals surface area (Å²) in [5.41, 5.74) is 1.74. The number of ketones is 1. The van der Waals surface area contributed by atoms with Crippen LogP contribution in [0.4, 0.5) is 0 Å². The van der Waals surface area contributed by atoms with Crippen LogP contribution >= 0.6 is 0 Å². The third-order valence-corrected chi connectivity index (χ3v) is 7.37. The van der Waals surface area contributed by atoms with Gasteiger partial charge in [0.1, 0.15) is 11.7 Å². The molecular weight excluding hydrogens is 509 g/mol. The van der Waals surface area contributed by atoms with Gasteiger partial charge in [0, 0.05) is 23.8 Å². The van der Waals surface area contributed by atoms with Gasteiger partial charge in [-0.15, -0.1) is 0 Å². The van der Waals surface area contributed by atoms with Crippen molar-refractivity contribution < 1.29 is 28.5 Å². The first-order chi connectivity index (χ1) is 19.0. The lowest BCUT2D eigenvalue weighted by Crippen LogP contribution is -2.45. The first-order valence-electron chi connectivity index (χ1n) is 14.0. The molecule has 1 saturated heterocycles. The molecule has 0 aliphatic carbocycles. The SMILES string of the molecule is CC[C@H](NC(=O)c1cccc(-c2ccccc2)n1)C(=O)C[C@@H](CC(C)C)B1OC(=O)C[C@H](C)N(C)[C@H](C)C(=O)O1.